The van der Waals surface area contributed by atoms with E-state index in [0.717, 1.165) is 5.56 Å². The number of benzene rings is 3. The highest BCUT2D eigenvalue weighted by molar-refractivity contribution is 7.87. The molecule has 28 heavy (non-hydrogen) atoms. The van der Waals surface area contributed by atoms with E-state index in [-0.39, 0.29) is 16.4 Å². The summed E-state index contributed by atoms with van der Waals surface area (Å²) in [4.78, 5) is 12.1. The van der Waals surface area contributed by atoms with Gasteiger partial charge in [-0.3, -0.25) is 4.79 Å². The Labute approximate surface area is 173 Å². The van der Waals surface area contributed by atoms with E-state index in [1.165, 1.54) is 42.5 Å². The molecule has 0 saturated heterocycles. The van der Waals surface area contributed by atoms with Gasteiger partial charge in [0.05, 0.1) is 0 Å². The second-order valence-corrected chi connectivity index (χ2v) is 8.18. The molecule has 0 saturated carbocycles. The molecule has 0 unspecified atom stereocenters. The normalized spacial score (nSPS) is 11.5. The highest BCUT2D eigenvalue weighted by atomic mass is 35.5. The van der Waals surface area contributed by atoms with Crippen molar-refractivity contribution in [3.05, 3.63) is 100 Å². The number of hydrogen-bond donors (Lipinski definition) is 0. The summed E-state index contributed by atoms with van der Waals surface area (Å²) in [7, 11) is -3.95. The van der Waals surface area contributed by atoms with Crippen LogP contribution in [-0.4, -0.2) is 14.2 Å². The van der Waals surface area contributed by atoms with Gasteiger partial charge < -0.3 is 4.18 Å². The van der Waals surface area contributed by atoms with Crippen molar-refractivity contribution in [2.75, 3.05) is 0 Å². The van der Waals surface area contributed by atoms with E-state index in [2.05, 4.69) is 0 Å². The van der Waals surface area contributed by atoms with Crippen LogP contribution in [0, 0.1) is 0 Å². The Bertz CT molecular complexity index is 1100. The fourth-order valence-corrected chi connectivity index (χ4v) is 3.47. The molecule has 0 aliphatic rings. The maximum absolute atomic E-state index is 12.3. The van der Waals surface area contributed by atoms with Crippen LogP contribution in [0.4, 0.5) is 0 Å². The predicted molar refractivity (Wildman–Crippen MR) is 111 cm³/mol. The maximum atomic E-state index is 12.3. The van der Waals surface area contributed by atoms with Crippen LogP contribution in [0.15, 0.2) is 83.8 Å². The molecule has 0 spiro atoms. The summed E-state index contributed by atoms with van der Waals surface area (Å²) in [6, 6.07) is 18.6. The smallest absolute Gasteiger partial charge is 0.339 e. The van der Waals surface area contributed by atoms with Gasteiger partial charge in [0.25, 0.3) is 0 Å². The Morgan fingerprint density at radius 2 is 1.32 bits per heavy atom. The van der Waals surface area contributed by atoms with Crippen LogP contribution in [0.1, 0.15) is 15.9 Å². The Morgan fingerprint density at radius 1 is 0.786 bits per heavy atom. The van der Waals surface area contributed by atoms with Crippen LogP contribution in [-0.2, 0) is 10.1 Å². The minimum Gasteiger partial charge on any atom is -0.379 e. The van der Waals surface area contributed by atoms with Gasteiger partial charge in [-0.25, -0.2) is 0 Å². The first-order valence-corrected chi connectivity index (χ1v) is 10.3. The second kappa shape index (κ2) is 8.61. The topological polar surface area (TPSA) is 60.4 Å². The lowest BCUT2D eigenvalue weighted by Gasteiger charge is -2.07. The Hall–Kier alpha value is -2.60. The van der Waals surface area contributed by atoms with Crippen molar-refractivity contribution >= 4 is 45.2 Å². The van der Waals surface area contributed by atoms with Crippen molar-refractivity contribution in [3.8, 4) is 5.75 Å². The summed E-state index contributed by atoms with van der Waals surface area (Å²) < 4.78 is 29.6. The Morgan fingerprint density at radius 3 is 1.89 bits per heavy atom. The molecule has 0 bridgehead atoms. The molecule has 0 aliphatic carbocycles. The fraction of sp³-hybridized carbons (Fsp3) is 0. The number of carbonyl (C=O) groups is 1. The van der Waals surface area contributed by atoms with Gasteiger partial charge in [0.2, 0.25) is 0 Å². The highest BCUT2D eigenvalue weighted by Gasteiger charge is 2.16. The first kappa shape index (κ1) is 20.1. The van der Waals surface area contributed by atoms with E-state index >= 15 is 0 Å². The second-order valence-electron chi connectivity index (χ2n) is 5.76. The molecule has 0 fully saturated rings. The van der Waals surface area contributed by atoms with Gasteiger partial charge >= 0.3 is 10.1 Å². The average molecular weight is 433 g/mol. The standard InChI is InChI=1S/C21H14Cl2O4S/c22-17-6-4-16(5-7-17)21(24)14-3-15-1-10-19(11-2-15)27-28(25,26)20-12-8-18(23)9-13-20/h1-14H. The van der Waals surface area contributed by atoms with Crippen LogP contribution in [0.2, 0.25) is 10.0 Å². The van der Waals surface area contributed by atoms with Crippen LogP contribution >= 0.6 is 23.2 Å². The van der Waals surface area contributed by atoms with Gasteiger partial charge in [-0.05, 0) is 72.3 Å². The Balaban J connectivity index is 1.68. The maximum Gasteiger partial charge on any atom is 0.339 e. The van der Waals surface area contributed by atoms with Crippen molar-refractivity contribution in [2.45, 2.75) is 4.90 Å². The third-order valence-electron chi connectivity index (χ3n) is 3.74. The van der Waals surface area contributed by atoms with Crippen LogP contribution in [0.3, 0.4) is 0 Å². The number of carbonyl (C=O) groups excluding carboxylic acids is 1. The summed E-state index contributed by atoms with van der Waals surface area (Å²) in [5.74, 6) is -0.00145. The van der Waals surface area contributed by atoms with Gasteiger partial charge in [-0.1, -0.05) is 41.4 Å². The molecule has 0 aliphatic heterocycles. The molecule has 0 atom stereocenters. The van der Waals surface area contributed by atoms with E-state index in [9.17, 15) is 13.2 Å². The zero-order chi connectivity index (χ0) is 20.1. The van der Waals surface area contributed by atoms with E-state index in [1.807, 2.05) is 0 Å². The first-order valence-electron chi connectivity index (χ1n) is 8.12. The minimum atomic E-state index is -3.95. The van der Waals surface area contributed by atoms with Crippen molar-refractivity contribution in [1.82, 2.24) is 0 Å². The third-order valence-corrected chi connectivity index (χ3v) is 5.51. The molecule has 7 heteroatoms. The largest absolute Gasteiger partial charge is 0.379 e. The lowest BCUT2D eigenvalue weighted by atomic mass is 10.1. The number of halogens is 2. The van der Waals surface area contributed by atoms with Crippen molar-refractivity contribution < 1.29 is 17.4 Å². The van der Waals surface area contributed by atoms with E-state index in [4.69, 9.17) is 27.4 Å². The van der Waals surface area contributed by atoms with Crippen molar-refractivity contribution in [3.63, 3.8) is 0 Å². The molecule has 4 nitrogen and oxygen atoms in total. The fourth-order valence-electron chi connectivity index (χ4n) is 2.29. The quantitative estimate of drug-likeness (QED) is 0.286. The summed E-state index contributed by atoms with van der Waals surface area (Å²) in [5, 5.41) is 0.993. The zero-order valence-electron chi connectivity index (χ0n) is 14.4. The van der Waals surface area contributed by atoms with Gasteiger partial charge in [0.1, 0.15) is 10.6 Å². The molecular weight excluding hydrogens is 419 g/mol. The molecule has 0 heterocycles. The van der Waals surface area contributed by atoms with E-state index < -0.39 is 10.1 Å². The molecule has 142 valence electrons. The lowest BCUT2D eigenvalue weighted by molar-refractivity contribution is 0.104. The first-order chi connectivity index (χ1) is 13.3. The monoisotopic (exact) mass is 432 g/mol. The predicted octanol–water partition coefficient (Wildman–Crippen LogP) is 5.66. The lowest BCUT2D eigenvalue weighted by Crippen LogP contribution is -2.09. The molecule has 0 amide bonds. The molecule has 3 aromatic rings. The number of allylic oxidation sites excluding steroid dienone is 1. The zero-order valence-corrected chi connectivity index (χ0v) is 16.7. The molecule has 3 aromatic carbocycles. The Kier molecular flexibility index (Phi) is 6.19. The summed E-state index contributed by atoms with van der Waals surface area (Å²) in [6.07, 6.45) is 3.07. The van der Waals surface area contributed by atoms with Gasteiger partial charge in [-0.2, -0.15) is 8.42 Å². The third kappa shape index (κ3) is 5.23. The average Bonchev–Trinajstić information content (AvgIpc) is 2.68. The molecule has 0 radical (unpaired) electrons. The number of rotatable bonds is 6. The molecule has 0 aromatic heterocycles. The summed E-state index contributed by atoms with van der Waals surface area (Å²) in [6.45, 7) is 0. The molecule has 3 rings (SSSR count). The van der Waals surface area contributed by atoms with E-state index in [0.29, 0.717) is 15.6 Å². The van der Waals surface area contributed by atoms with Crippen molar-refractivity contribution in [2.24, 2.45) is 0 Å². The number of ketones is 1. The van der Waals surface area contributed by atoms with Gasteiger partial charge in [-0.15, -0.1) is 0 Å². The number of hydrogen-bond acceptors (Lipinski definition) is 4. The molecule has 0 N–H and O–H groups in total. The van der Waals surface area contributed by atoms with E-state index in [1.54, 1.807) is 42.5 Å². The van der Waals surface area contributed by atoms with Gasteiger partial charge in [0.15, 0.2) is 5.78 Å². The molecular formula is C21H14Cl2O4S. The summed E-state index contributed by atoms with van der Waals surface area (Å²) >= 11 is 11.6. The van der Waals surface area contributed by atoms with Crippen LogP contribution in [0.25, 0.3) is 6.08 Å². The highest BCUT2D eigenvalue weighted by Crippen LogP contribution is 2.21. The van der Waals surface area contributed by atoms with Gasteiger partial charge in [0, 0.05) is 15.6 Å². The minimum absolute atomic E-state index is 0.00873. The summed E-state index contributed by atoms with van der Waals surface area (Å²) in [5.41, 5.74) is 1.24. The van der Waals surface area contributed by atoms with Crippen molar-refractivity contribution in [1.29, 1.82) is 0 Å². The SMILES string of the molecule is O=C(C=Cc1ccc(OS(=O)(=O)c2ccc(Cl)cc2)cc1)c1ccc(Cl)cc1. The van der Waals surface area contributed by atoms with Crippen LogP contribution in [0.5, 0.6) is 5.75 Å². The van der Waals surface area contributed by atoms with Crippen LogP contribution < -0.4 is 4.18 Å².